The van der Waals surface area contributed by atoms with E-state index in [1.54, 1.807) is 4.90 Å². The molecule has 5 heteroatoms. The van der Waals surface area contributed by atoms with Gasteiger partial charge in [-0.1, -0.05) is 66.2 Å². The second-order valence-corrected chi connectivity index (χ2v) is 7.30. The highest BCUT2D eigenvalue weighted by Crippen LogP contribution is 2.38. The third-order valence-corrected chi connectivity index (χ3v) is 5.40. The number of rotatable bonds is 2. The summed E-state index contributed by atoms with van der Waals surface area (Å²) in [5, 5.41) is 0. The fourth-order valence-electron chi connectivity index (χ4n) is 3.97. The van der Waals surface area contributed by atoms with Crippen LogP contribution in [-0.4, -0.2) is 17.4 Å². The normalized spacial score (nSPS) is 16.4. The highest BCUT2D eigenvalue weighted by atomic mass is 19.4. The largest absolute Gasteiger partial charge is 0.417 e. The topological polar surface area (TPSA) is 20.3 Å². The van der Waals surface area contributed by atoms with Crippen LogP contribution in [0.2, 0.25) is 0 Å². The number of carbonyl (C=O) groups excluding carboxylic acids is 1. The molecule has 4 rings (SSSR count). The summed E-state index contributed by atoms with van der Waals surface area (Å²) < 4.78 is 40.5. The Morgan fingerprint density at radius 1 is 0.931 bits per heavy atom. The Labute approximate surface area is 167 Å². The van der Waals surface area contributed by atoms with Gasteiger partial charge in [-0.2, -0.15) is 13.2 Å². The molecular formula is C24H20F3NO. The van der Waals surface area contributed by atoms with E-state index in [0.717, 1.165) is 28.3 Å². The molecule has 1 aliphatic heterocycles. The fraction of sp³-hybridized carbons (Fsp3) is 0.208. The summed E-state index contributed by atoms with van der Waals surface area (Å²) in [5.41, 5.74) is 2.84. The summed E-state index contributed by atoms with van der Waals surface area (Å²) in [7, 11) is 0. The van der Waals surface area contributed by atoms with E-state index in [1.165, 1.54) is 18.2 Å². The number of hydrogen-bond acceptors (Lipinski definition) is 1. The van der Waals surface area contributed by atoms with Crippen LogP contribution in [0.15, 0.2) is 72.8 Å². The molecule has 0 bridgehead atoms. The van der Waals surface area contributed by atoms with Crippen molar-refractivity contribution in [1.29, 1.82) is 0 Å². The maximum atomic E-state index is 13.5. The van der Waals surface area contributed by atoms with Crippen molar-refractivity contribution in [2.45, 2.75) is 25.6 Å². The zero-order valence-electron chi connectivity index (χ0n) is 15.9. The molecule has 0 saturated carbocycles. The number of carbonyl (C=O) groups is 1. The standard InChI is InChI=1S/C24H20F3NO/c1-16-10-12-18(13-11-16)22-19-7-3-2-6-17(19)14-15-28(22)23(29)20-8-4-5-9-21(20)24(25,26)27/h2-13,22H,14-15H2,1H3. The third-order valence-electron chi connectivity index (χ3n) is 5.40. The summed E-state index contributed by atoms with van der Waals surface area (Å²) in [6.45, 7) is 2.33. The minimum atomic E-state index is -4.58. The summed E-state index contributed by atoms with van der Waals surface area (Å²) >= 11 is 0. The van der Waals surface area contributed by atoms with Crippen LogP contribution in [-0.2, 0) is 12.6 Å². The van der Waals surface area contributed by atoms with Gasteiger partial charge in [0.2, 0.25) is 0 Å². The minimum Gasteiger partial charge on any atom is -0.327 e. The fourth-order valence-corrected chi connectivity index (χ4v) is 3.97. The molecule has 0 aliphatic carbocycles. The Balaban J connectivity index is 1.82. The highest BCUT2D eigenvalue weighted by Gasteiger charge is 2.38. The van der Waals surface area contributed by atoms with Crippen molar-refractivity contribution >= 4 is 5.91 Å². The zero-order chi connectivity index (χ0) is 20.6. The molecule has 148 valence electrons. The van der Waals surface area contributed by atoms with E-state index in [4.69, 9.17) is 0 Å². The van der Waals surface area contributed by atoms with E-state index >= 15 is 0 Å². The number of halogens is 3. The van der Waals surface area contributed by atoms with Gasteiger partial charge in [-0.25, -0.2) is 0 Å². The van der Waals surface area contributed by atoms with Gasteiger partial charge in [0.1, 0.15) is 0 Å². The van der Waals surface area contributed by atoms with Gasteiger partial charge in [-0.3, -0.25) is 4.79 Å². The molecule has 0 saturated heterocycles. The van der Waals surface area contributed by atoms with Crippen LogP contribution in [0.4, 0.5) is 13.2 Å². The Kier molecular flexibility index (Phi) is 4.91. The number of fused-ring (bicyclic) bond motifs is 1. The first kappa shape index (κ1) is 19.2. The minimum absolute atomic E-state index is 0.309. The van der Waals surface area contributed by atoms with E-state index in [-0.39, 0.29) is 5.56 Å². The number of nitrogens with zero attached hydrogens (tertiary/aromatic N) is 1. The predicted octanol–water partition coefficient (Wildman–Crippen LogP) is 5.80. The molecule has 0 fully saturated rings. The SMILES string of the molecule is Cc1ccc(C2c3ccccc3CCN2C(=O)c2ccccc2C(F)(F)F)cc1. The van der Waals surface area contributed by atoms with Gasteiger partial charge in [0.15, 0.2) is 0 Å². The lowest BCUT2D eigenvalue weighted by atomic mass is 9.87. The summed E-state index contributed by atoms with van der Waals surface area (Å²) in [6.07, 6.45) is -3.97. The number of benzene rings is 3. The Morgan fingerprint density at radius 2 is 1.59 bits per heavy atom. The average Bonchev–Trinajstić information content (AvgIpc) is 2.72. The van der Waals surface area contributed by atoms with Crippen LogP contribution >= 0.6 is 0 Å². The van der Waals surface area contributed by atoms with Crippen molar-refractivity contribution in [3.63, 3.8) is 0 Å². The number of aryl methyl sites for hydroxylation is 1. The lowest BCUT2D eigenvalue weighted by molar-refractivity contribution is -0.138. The number of alkyl halides is 3. The predicted molar refractivity (Wildman–Crippen MR) is 106 cm³/mol. The smallest absolute Gasteiger partial charge is 0.327 e. The van der Waals surface area contributed by atoms with E-state index in [1.807, 2.05) is 55.5 Å². The first-order valence-corrected chi connectivity index (χ1v) is 9.48. The molecule has 1 atom stereocenters. The first-order chi connectivity index (χ1) is 13.9. The second kappa shape index (κ2) is 7.39. The second-order valence-electron chi connectivity index (χ2n) is 7.30. The molecule has 1 heterocycles. The van der Waals surface area contributed by atoms with Crippen LogP contribution in [0, 0.1) is 6.92 Å². The molecule has 1 aliphatic rings. The molecule has 29 heavy (non-hydrogen) atoms. The lowest BCUT2D eigenvalue weighted by Gasteiger charge is -2.38. The molecule has 0 aromatic heterocycles. The van der Waals surface area contributed by atoms with Crippen molar-refractivity contribution in [3.05, 3.63) is 106 Å². The Hall–Kier alpha value is -3.08. The molecule has 1 amide bonds. The van der Waals surface area contributed by atoms with E-state index < -0.39 is 23.7 Å². The van der Waals surface area contributed by atoms with Gasteiger partial charge in [-0.15, -0.1) is 0 Å². The molecule has 3 aromatic rings. The molecule has 3 aromatic carbocycles. The highest BCUT2D eigenvalue weighted by molar-refractivity contribution is 5.96. The van der Waals surface area contributed by atoms with Crippen molar-refractivity contribution < 1.29 is 18.0 Å². The molecule has 2 nitrogen and oxygen atoms in total. The monoisotopic (exact) mass is 395 g/mol. The first-order valence-electron chi connectivity index (χ1n) is 9.48. The lowest BCUT2D eigenvalue weighted by Crippen LogP contribution is -2.41. The zero-order valence-corrected chi connectivity index (χ0v) is 15.9. The van der Waals surface area contributed by atoms with Gasteiger partial charge in [0, 0.05) is 6.54 Å². The maximum Gasteiger partial charge on any atom is 0.417 e. The van der Waals surface area contributed by atoms with Crippen molar-refractivity contribution in [2.75, 3.05) is 6.54 Å². The molecule has 0 spiro atoms. The molecule has 0 N–H and O–H groups in total. The maximum absolute atomic E-state index is 13.5. The molecule has 0 radical (unpaired) electrons. The van der Waals surface area contributed by atoms with Crippen molar-refractivity contribution in [3.8, 4) is 0 Å². The summed E-state index contributed by atoms with van der Waals surface area (Å²) in [4.78, 5) is 14.9. The van der Waals surface area contributed by atoms with Crippen LogP contribution in [0.3, 0.4) is 0 Å². The van der Waals surface area contributed by atoms with E-state index in [9.17, 15) is 18.0 Å². The molecular weight excluding hydrogens is 375 g/mol. The van der Waals surface area contributed by atoms with Gasteiger partial charge in [-0.05, 0) is 42.2 Å². The van der Waals surface area contributed by atoms with Gasteiger partial charge < -0.3 is 4.90 Å². The van der Waals surface area contributed by atoms with E-state index in [0.29, 0.717) is 13.0 Å². The quantitative estimate of drug-likeness (QED) is 0.537. The summed E-state index contributed by atoms with van der Waals surface area (Å²) in [6, 6.07) is 20.2. The van der Waals surface area contributed by atoms with Gasteiger partial charge in [0.25, 0.3) is 5.91 Å². The van der Waals surface area contributed by atoms with Crippen LogP contribution in [0.25, 0.3) is 0 Å². The van der Waals surface area contributed by atoms with Gasteiger partial charge >= 0.3 is 6.18 Å². The molecule has 1 unspecified atom stereocenters. The van der Waals surface area contributed by atoms with Crippen LogP contribution in [0.5, 0.6) is 0 Å². The van der Waals surface area contributed by atoms with Gasteiger partial charge in [0.05, 0.1) is 17.2 Å². The van der Waals surface area contributed by atoms with Crippen LogP contribution in [0.1, 0.15) is 44.2 Å². The van der Waals surface area contributed by atoms with Crippen LogP contribution < -0.4 is 0 Å². The third kappa shape index (κ3) is 3.65. The van der Waals surface area contributed by atoms with Crippen molar-refractivity contribution in [2.24, 2.45) is 0 Å². The van der Waals surface area contributed by atoms with E-state index in [2.05, 4.69) is 0 Å². The number of hydrogen-bond donors (Lipinski definition) is 0. The summed E-state index contributed by atoms with van der Waals surface area (Å²) in [5.74, 6) is -0.599. The Morgan fingerprint density at radius 3 is 2.31 bits per heavy atom. The average molecular weight is 395 g/mol. The van der Waals surface area contributed by atoms with Crippen molar-refractivity contribution in [1.82, 2.24) is 4.90 Å². The number of amides is 1. The Bertz CT molecular complexity index is 1040.